The van der Waals surface area contributed by atoms with E-state index in [9.17, 15) is 4.79 Å². The van der Waals surface area contributed by atoms with Crippen LogP contribution in [0.2, 0.25) is 10.0 Å². The molecule has 3 nitrogen and oxygen atoms in total. The van der Waals surface area contributed by atoms with Gasteiger partial charge in [-0.3, -0.25) is 4.79 Å². The van der Waals surface area contributed by atoms with Crippen LogP contribution in [0.15, 0.2) is 18.2 Å². The zero-order valence-electron chi connectivity index (χ0n) is 10.7. The minimum atomic E-state index is 0.0793. The van der Waals surface area contributed by atoms with Gasteiger partial charge in [0.2, 0.25) is 5.91 Å². The molecule has 3 N–H and O–H groups in total. The highest BCUT2D eigenvalue weighted by Gasteiger charge is 2.27. The summed E-state index contributed by atoms with van der Waals surface area (Å²) in [6.07, 6.45) is 3.35. The number of carbonyl (C=O) groups excluding carboxylic acids is 1. The first-order valence-electron chi connectivity index (χ1n) is 6.53. The van der Waals surface area contributed by atoms with E-state index in [2.05, 4.69) is 5.32 Å². The highest BCUT2D eigenvalue weighted by molar-refractivity contribution is 6.35. The van der Waals surface area contributed by atoms with Gasteiger partial charge < -0.3 is 11.1 Å². The average Bonchev–Trinajstić information content (AvgIpc) is 2.78. The number of hydrogen-bond donors (Lipinski definition) is 2. The predicted octanol–water partition coefficient (Wildman–Crippen LogP) is 2.78. The Bertz CT molecular complexity index is 465. The molecule has 0 radical (unpaired) electrons. The van der Waals surface area contributed by atoms with Crippen molar-refractivity contribution < 1.29 is 4.79 Å². The Balaban J connectivity index is 1.78. The van der Waals surface area contributed by atoms with Crippen molar-refractivity contribution >= 4 is 29.1 Å². The monoisotopic (exact) mass is 300 g/mol. The molecule has 5 heteroatoms. The van der Waals surface area contributed by atoms with E-state index in [1.807, 2.05) is 6.07 Å². The van der Waals surface area contributed by atoms with Gasteiger partial charge in [-0.2, -0.15) is 0 Å². The molecule has 1 saturated carbocycles. The topological polar surface area (TPSA) is 55.1 Å². The molecule has 0 bridgehead atoms. The maximum absolute atomic E-state index is 11.9. The van der Waals surface area contributed by atoms with Gasteiger partial charge in [0.15, 0.2) is 0 Å². The van der Waals surface area contributed by atoms with E-state index in [0.717, 1.165) is 24.8 Å². The summed E-state index contributed by atoms with van der Waals surface area (Å²) < 4.78 is 0. The van der Waals surface area contributed by atoms with Gasteiger partial charge in [0.05, 0.1) is 0 Å². The summed E-state index contributed by atoms with van der Waals surface area (Å²) in [7, 11) is 0. The molecule has 1 aliphatic carbocycles. The summed E-state index contributed by atoms with van der Waals surface area (Å²) >= 11 is 11.9. The lowest BCUT2D eigenvalue weighted by molar-refractivity contribution is -0.124. The molecule has 2 rings (SSSR count). The highest BCUT2D eigenvalue weighted by Crippen LogP contribution is 2.24. The number of halogens is 2. The third kappa shape index (κ3) is 4.10. The molecule has 1 aromatic carbocycles. The Kier molecular flexibility index (Phi) is 5.08. The highest BCUT2D eigenvalue weighted by atomic mass is 35.5. The largest absolute Gasteiger partial charge is 0.356 e. The first-order valence-corrected chi connectivity index (χ1v) is 7.29. The van der Waals surface area contributed by atoms with Crippen molar-refractivity contribution in [3.63, 3.8) is 0 Å². The van der Waals surface area contributed by atoms with Gasteiger partial charge in [0.25, 0.3) is 0 Å². The van der Waals surface area contributed by atoms with Gasteiger partial charge in [-0.1, -0.05) is 29.3 Å². The van der Waals surface area contributed by atoms with Crippen LogP contribution in [0.5, 0.6) is 0 Å². The van der Waals surface area contributed by atoms with Crippen molar-refractivity contribution in [3.05, 3.63) is 33.8 Å². The van der Waals surface area contributed by atoms with E-state index in [-0.39, 0.29) is 17.9 Å². The van der Waals surface area contributed by atoms with E-state index < -0.39 is 0 Å². The predicted molar refractivity (Wildman–Crippen MR) is 78.5 cm³/mol. The summed E-state index contributed by atoms with van der Waals surface area (Å²) in [5.41, 5.74) is 6.80. The lowest BCUT2D eigenvalue weighted by atomic mass is 10.1. The van der Waals surface area contributed by atoms with Crippen molar-refractivity contribution in [2.75, 3.05) is 6.54 Å². The Morgan fingerprint density at radius 2 is 2.16 bits per heavy atom. The van der Waals surface area contributed by atoms with Crippen LogP contribution in [-0.4, -0.2) is 18.5 Å². The normalized spacial score (nSPS) is 22.5. The van der Waals surface area contributed by atoms with Crippen molar-refractivity contribution in [2.45, 2.75) is 31.7 Å². The minimum Gasteiger partial charge on any atom is -0.356 e. The first-order chi connectivity index (χ1) is 9.06. The van der Waals surface area contributed by atoms with Gasteiger partial charge in [0.1, 0.15) is 0 Å². The molecule has 0 spiro atoms. The molecule has 19 heavy (non-hydrogen) atoms. The van der Waals surface area contributed by atoms with Gasteiger partial charge >= 0.3 is 0 Å². The van der Waals surface area contributed by atoms with E-state index in [4.69, 9.17) is 28.9 Å². The zero-order chi connectivity index (χ0) is 13.8. The van der Waals surface area contributed by atoms with E-state index in [0.29, 0.717) is 23.0 Å². The van der Waals surface area contributed by atoms with Gasteiger partial charge in [-0.05, 0) is 43.4 Å². The number of rotatable bonds is 4. The standard InChI is InChI=1S/C14H18Cl2N2O/c15-11-3-1-9(13(16)8-11)5-6-18-14(19)10-2-4-12(17)7-10/h1,3,8,10,12H,2,4-7,17H2,(H,18,19). The lowest BCUT2D eigenvalue weighted by Crippen LogP contribution is -2.31. The Morgan fingerprint density at radius 3 is 2.79 bits per heavy atom. The quantitative estimate of drug-likeness (QED) is 0.898. The fourth-order valence-corrected chi connectivity index (χ4v) is 2.95. The molecule has 1 aromatic rings. The summed E-state index contributed by atoms with van der Waals surface area (Å²) in [4.78, 5) is 11.9. The first kappa shape index (κ1) is 14.6. The molecule has 2 unspecified atom stereocenters. The number of hydrogen-bond acceptors (Lipinski definition) is 2. The van der Waals surface area contributed by atoms with Gasteiger partial charge in [-0.25, -0.2) is 0 Å². The smallest absolute Gasteiger partial charge is 0.223 e. The zero-order valence-corrected chi connectivity index (χ0v) is 12.2. The summed E-state index contributed by atoms with van der Waals surface area (Å²) in [5, 5.41) is 4.22. The fourth-order valence-electron chi connectivity index (χ4n) is 2.44. The molecule has 2 atom stereocenters. The van der Waals surface area contributed by atoms with Crippen LogP contribution in [0.1, 0.15) is 24.8 Å². The molecular weight excluding hydrogens is 283 g/mol. The summed E-state index contributed by atoms with van der Waals surface area (Å²) in [6, 6.07) is 5.60. The molecule has 0 heterocycles. The van der Waals surface area contributed by atoms with Crippen LogP contribution in [-0.2, 0) is 11.2 Å². The van der Waals surface area contributed by atoms with Gasteiger partial charge in [0, 0.05) is 28.5 Å². The van der Waals surface area contributed by atoms with Crippen LogP contribution in [0.4, 0.5) is 0 Å². The van der Waals surface area contributed by atoms with Crippen LogP contribution in [0, 0.1) is 5.92 Å². The van der Waals surface area contributed by atoms with Crippen LogP contribution < -0.4 is 11.1 Å². The van der Waals surface area contributed by atoms with E-state index >= 15 is 0 Å². The lowest BCUT2D eigenvalue weighted by Gasteiger charge is -2.11. The second kappa shape index (κ2) is 6.60. The third-order valence-corrected chi connectivity index (χ3v) is 4.14. The molecule has 1 fully saturated rings. The average molecular weight is 301 g/mol. The number of nitrogens with one attached hydrogen (secondary N) is 1. The third-order valence-electron chi connectivity index (χ3n) is 3.55. The Labute approximate surface area is 123 Å². The van der Waals surface area contributed by atoms with Crippen LogP contribution in [0.3, 0.4) is 0 Å². The van der Waals surface area contributed by atoms with Crippen molar-refractivity contribution in [1.29, 1.82) is 0 Å². The molecule has 1 aliphatic rings. The van der Waals surface area contributed by atoms with Crippen LogP contribution >= 0.6 is 23.2 Å². The van der Waals surface area contributed by atoms with Crippen molar-refractivity contribution in [2.24, 2.45) is 11.7 Å². The van der Waals surface area contributed by atoms with Crippen LogP contribution in [0.25, 0.3) is 0 Å². The molecule has 0 aliphatic heterocycles. The van der Waals surface area contributed by atoms with E-state index in [1.54, 1.807) is 12.1 Å². The fraction of sp³-hybridized carbons (Fsp3) is 0.500. The molecule has 104 valence electrons. The Hall–Kier alpha value is -0.770. The maximum Gasteiger partial charge on any atom is 0.223 e. The SMILES string of the molecule is NC1CCC(C(=O)NCCc2ccc(Cl)cc2Cl)C1. The molecule has 0 aromatic heterocycles. The second-order valence-electron chi connectivity index (χ2n) is 5.05. The molecular formula is C14H18Cl2N2O. The van der Waals surface area contributed by atoms with Crippen molar-refractivity contribution in [1.82, 2.24) is 5.32 Å². The maximum atomic E-state index is 11.9. The van der Waals surface area contributed by atoms with Crippen molar-refractivity contribution in [3.8, 4) is 0 Å². The molecule has 1 amide bonds. The number of carbonyl (C=O) groups is 1. The number of amides is 1. The molecule has 0 saturated heterocycles. The minimum absolute atomic E-state index is 0.0793. The Morgan fingerprint density at radius 1 is 1.37 bits per heavy atom. The number of benzene rings is 1. The van der Waals surface area contributed by atoms with Gasteiger partial charge in [-0.15, -0.1) is 0 Å². The second-order valence-corrected chi connectivity index (χ2v) is 5.89. The summed E-state index contributed by atoms with van der Waals surface area (Å²) in [6.45, 7) is 0.589. The number of nitrogens with two attached hydrogens (primary N) is 1. The summed E-state index contributed by atoms with van der Waals surface area (Å²) in [5.74, 6) is 0.189. The van der Waals surface area contributed by atoms with E-state index in [1.165, 1.54) is 0 Å².